The molecule has 21 heavy (non-hydrogen) atoms. The van der Waals surface area contributed by atoms with E-state index in [-0.39, 0.29) is 11.7 Å². The second-order valence-corrected chi connectivity index (χ2v) is 6.23. The van der Waals surface area contributed by atoms with Crippen LogP contribution in [-0.4, -0.2) is 6.04 Å². The topological polar surface area (TPSA) is 12.0 Å². The van der Waals surface area contributed by atoms with Crippen molar-refractivity contribution in [3.05, 3.63) is 63.9 Å². The summed E-state index contributed by atoms with van der Waals surface area (Å²) < 4.78 is 40.2. The lowest BCUT2D eigenvalue weighted by molar-refractivity contribution is 0.373. The molecule has 2 aromatic rings. The van der Waals surface area contributed by atoms with Crippen molar-refractivity contribution in [2.75, 3.05) is 5.32 Å². The molecule has 0 saturated heterocycles. The molecule has 1 fully saturated rings. The summed E-state index contributed by atoms with van der Waals surface area (Å²) in [5.41, 5.74) is 1.54. The fraction of sp³-hybridized carbons (Fsp3) is 0.250. The molecular weight excluding hydrogens is 343 g/mol. The number of nitrogens with one attached hydrogen (secondary N) is 1. The second-order valence-electron chi connectivity index (χ2n) is 5.32. The molecule has 0 atom stereocenters. The quantitative estimate of drug-likeness (QED) is 0.743. The van der Waals surface area contributed by atoms with Crippen LogP contribution in [0.15, 0.2) is 40.9 Å². The molecule has 0 spiro atoms. The highest BCUT2D eigenvalue weighted by Gasteiger charge is 2.30. The molecule has 1 aliphatic rings. The second kappa shape index (κ2) is 5.72. The molecule has 3 rings (SSSR count). The molecule has 0 aliphatic heterocycles. The van der Waals surface area contributed by atoms with Crippen LogP contribution < -0.4 is 5.32 Å². The zero-order chi connectivity index (χ0) is 15.0. The van der Waals surface area contributed by atoms with E-state index in [9.17, 15) is 13.2 Å². The molecule has 1 saturated carbocycles. The van der Waals surface area contributed by atoms with E-state index in [0.717, 1.165) is 29.4 Å². The largest absolute Gasteiger partial charge is 0.382 e. The summed E-state index contributed by atoms with van der Waals surface area (Å²) >= 11 is 3.40. The smallest absolute Gasteiger partial charge is 0.194 e. The first-order chi connectivity index (χ1) is 10.0. The first kappa shape index (κ1) is 14.4. The van der Waals surface area contributed by atoms with E-state index in [1.807, 2.05) is 12.1 Å². The van der Waals surface area contributed by atoms with Gasteiger partial charge >= 0.3 is 0 Å². The van der Waals surface area contributed by atoms with Crippen LogP contribution in [0.4, 0.5) is 18.9 Å². The van der Waals surface area contributed by atoms with E-state index in [1.54, 1.807) is 0 Å². The van der Waals surface area contributed by atoms with Gasteiger partial charge in [0.15, 0.2) is 17.5 Å². The van der Waals surface area contributed by atoms with Crippen molar-refractivity contribution in [2.24, 2.45) is 0 Å². The molecule has 2 aromatic carbocycles. The molecular formula is C16H13BrF3N. The minimum Gasteiger partial charge on any atom is -0.382 e. The summed E-state index contributed by atoms with van der Waals surface area (Å²) in [6, 6.07) is 10.3. The first-order valence-corrected chi connectivity index (χ1v) is 7.49. The van der Waals surface area contributed by atoms with Crippen LogP contribution >= 0.6 is 15.9 Å². The van der Waals surface area contributed by atoms with Gasteiger partial charge in [-0.05, 0) is 36.5 Å². The van der Waals surface area contributed by atoms with Gasteiger partial charge in [-0.2, -0.15) is 0 Å². The Kier molecular flexibility index (Phi) is 3.93. The van der Waals surface area contributed by atoms with Crippen molar-refractivity contribution in [3.63, 3.8) is 0 Å². The Labute approximate surface area is 129 Å². The van der Waals surface area contributed by atoms with Gasteiger partial charge in [0, 0.05) is 28.3 Å². The molecule has 0 unspecified atom stereocenters. The summed E-state index contributed by atoms with van der Waals surface area (Å²) in [5.74, 6) is -3.31. The normalized spacial score (nSPS) is 21.0. The van der Waals surface area contributed by atoms with Gasteiger partial charge in [0.2, 0.25) is 0 Å². The average Bonchev–Trinajstić information content (AvgIpc) is 2.41. The van der Waals surface area contributed by atoms with Crippen LogP contribution in [0, 0.1) is 17.5 Å². The minimum absolute atomic E-state index is 0.155. The molecule has 0 bridgehead atoms. The zero-order valence-corrected chi connectivity index (χ0v) is 12.6. The third kappa shape index (κ3) is 3.07. The summed E-state index contributed by atoms with van der Waals surface area (Å²) in [4.78, 5) is 0. The molecule has 1 aliphatic carbocycles. The predicted octanol–water partition coefficient (Wildman–Crippen LogP) is 5.22. The van der Waals surface area contributed by atoms with Crippen LogP contribution in [-0.2, 0) is 0 Å². The van der Waals surface area contributed by atoms with Crippen molar-refractivity contribution in [1.82, 2.24) is 0 Å². The molecule has 5 heteroatoms. The lowest BCUT2D eigenvalue weighted by atomic mass is 9.76. The monoisotopic (exact) mass is 355 g/mol. The molecule has 1 nitrogen and oxygen atoms in total. The van der Waals surface area contributed by atoms with Gasteiger partial charge in [-0.15, -0.1) is 0 Å². The van der Waals surface area contributed by atoms with Gasteiger partial charge in [0.1, 0.15) is 0 Å². The average molecular weight is 356 g/mol. The van der Waals surface area contributed by atoms with Gasteiger partial charge in [0.05, 0.1) is 0 Å². The van der Waals surface area contributed by atoms with Crippen LogP contribution in [0.25, 0.3) is 0 Å². The molecule has 1 N–H and O–H groups in total. The Morgan fingerprint density at radius 1 is 0.952 bits per heavy atom. The lowest BCUT2D eigenvalue weighted by Crippen LogP contribution is -2.34. The van der Waals surface area contributed by atoms with Crippen molar-refractivity contribution in [1.29, 1.82) is 0 Å². The molecule has 110 valence electrons. The Balaban J connectivity index is 1.61. The SMILES string of the molecule is Fc1cc(NC2CC(c3ccc(Br)cc3)C2)cc(F)c1F. The van der Waals surface area contributed by atoms with Crippen molar-refractivity contribution < 1.29 is 13.2 Å². The molecule has 0 aromatic heterocycles. The van der Waals surface area contributed by atoms with Crippen molar-refractivity contribution in [3.8, 4) is 0 Å². The van der Waals surface area contributed by atoms with E-state index in [2.05, 4.69) is 33.4 Å². The Bertz CT molecular complexity index is 628. The van der Waals surface area contributed by atoms with Crippen molar-refractivity contribution in [2.45, 2.75) is 24.8 Å². The van der Waals surface area contributed by atoms with Crippen molar-refractivity contribution >= 4 is 21.6 Å². The van der Waals surface area contributed by atoms with Gasteiger partial charge in [-0.3, -0.25) is 0 Å². The lowest BCUT2D eigenvalue weighted by Gasteiger charge is -2.37. The van der Waals surface area contributed by atoms with Gasteiger partial charge in [-0.1, -0.05) is 28.1 Å². The third-order valence-electron chi connectivity index (χ3n) is 3.83. The van der Waals surface area contributed by atoms with E-state index < -0.39 is 17.5 Å². The summed E-state index contributed by atoms with van der Waals surface area (Å²) in [5, 5.41) is 3.04. The number of rotatable bonds is 3. The number of anilines is 1. The summed E-state index contributed by atoms with van der Waals surface area (Å²) in [6.07, 6.45) is 1.78. The Morgan fingerprint density at radius 3 is 2.10 bits per heavy atom. The highest BCUT2D eigenvalue weighted by atomic mass is 79.9. The zero-order valence-electron chi connectivity index (χ0n) is 11.0. The molecule has 0 amide bonds. The Hall–Kier alpha value is -1.49. The minimum atomic E-state index is -1.43. The van der Waals surface area contributed by atoms with E-state index in [0.29, 0.717) is 5.92 Å². The third-order valence-corrected chi connectivity index (χ3v) is 4.36. The van der Waals surface area contributed by atoms with Crippen LogP contribution in [0.1, 0.15) is 24.3 Å². The number of hydrogen-bond acceptors (Lipinski definition) is 1. The van der Waals surface area contributed by atoms with Crippen LogP contribution in [0.5, 0.6) is 0 Å². The number of halogens is 4. The maximum atomic E-state index is 13.1. The van der Waals surface area contributed by atoms with E-state index >= 15 is 0 Å². The first-order valence-electron chi connectivity index (χ1n) is 6.69. The maximum Gasteiger partial charge on any atom is 0.194 e. The fourth-order valence-corrected chi connectivity index (χ4v) is 2.88. The highest BCUT2D eigenvalue weighted by molar-refractivity contribution is 9.10. The highest BCUT2D eigenvalue weighted by Crippen LogP contribution is 2.39. The van der Waals surface area contributed by atoms with Gasteiger partial charge < -0.3 is 5.32 Å². The predicted molar refractivity (Wildman–Crippen MR) is 79.8 cm³/mol. The fourth-order valence-electron chi connectivity index (χ4n) is 2.62. The van der Waals surface area contributed by atoms with E-state index in [1.165, 1.54) is 5.56 Å². The molecule has 0 radical (unpaired) electrons. The van der Waals surface area contributed by atoms with Gasteiger partial charge in [0.25, 0.3) is 0 Å². The maximum absolute atomic E-state index is 13.1. The number of benzene rings is 2. The van der Waals surface area contributed by atoms with Crippen LogP contribution in [0.2, 0.25) is 0 Å². The number of hydrogen-bond donors (Lipinski definition) is 1. The standard InChI is InChI=1S/C16H13BrF3N/c17-11-3-1-9(2-4-11)10-5-12(6-10)21-13-7-14(18)16(20)15(19)8-13/h1-4,7-8,10,12,21H,5-6H2. The van der Waals surface area contributed by atoms with Crippen LogP contribution in [0.3, 0.4) is 0 Å². The van der Waals surface area contributed by atoms with E-state index in [4.69, 9.17) is 0 Å². The summed E-state index contributed by atoms with van der Waals surface area (Å²) in [6.45, 7) is 0. The van der Waals surface area contributed by atoms with Gasteiger partial charge in [-0.25, -0.2) is 13.2 Å². The summed E-state index contributed by atoms with van der Waals surface area (Å²) in [7, 11) is 0. The molecule has 0 heterocycles. The Morgan fingerprint density at radius 2 is 1.52 bits per heavy atom.